The number of methoxy groups -OCH3 is 2. The second-order valence-electron chi connectivity index (χ2n) is 7.03. The fourth-order valence-electron chi connectivity index (χ4n) is 3.46. The van der Waals surface area contributed by atoms with Crippen LogP contribution in [-0.4, -0.2) is 62.6 Å². The standard InChI is InChI=1S/C22H26N2O7/c1-28-17-8-7-15(13-19(17)29-2)9-10-23-20(25)14-31-22(27)16-5-3-11-24(16)21(26)18-6-4-12-30-18/h4,6-8,12-13,16H,3,5,9-11,14H2,1-2H3,(H,23,25). The van der Waals surface area contributed by atoms with Gasteiger partial charge in [-0.15, -0.1) is 0 Å². The van der Waals surface area contributed by atoms with Gasteiger partial charge in [-0.25, -0.2) is 4.79 Å². The van der Waals surface area contributed by atoms with E-state index in [2.05, 4.69) is 5.32 Å². The fourth-order valence-corrected chi connectivity index (χ4v) is 3.46. The first-order valence-electron chi connectivity index (χ1n) is 10.0. The van der Waals surface area contributed by atoms with Crippen molar-refractivity contribution in [3.05, 3.63) is 47.9 Å². The van der Waals surface area contributed by atoms with Crippen molar-refractivity contribution in [2.75, 3.05) is 33.9 Å². The molecule has 0 spiro atoms. The van der Waals surface area contributed by atoms with E-state index in [0.29, 0.717) is 43.9 Å². The van der Waals surface area contributed by atoms with Gasteiger partial charge in [0.25, 0.3) is 11.8 Å². The van der Waals surface area contributed by atoms with E-state index in [1.165, 1.54) is 11.2 Å². The van der Waals surface area contributed by atoms with Gasteiger partial charge in [-0.3, -0.25) is 9.59 Å². The maximum atomic E-state index is 12.5. The lowest BCUT2D eigenvalue weighted by Crippen LogP contribution is -2.42. The van der Waals surface area contributed by atoms with Crippen LogP contribution in [0.3, 0.4) is 0 Å². The molecule has 0 radical (unpaired) electrons. The van der Waals surface area contributed by atoms with Crippen LogP contribution in [0.5, 0.6) is 11.5 Å². The largest absolute Gasteiger partial charge is 0.493 e. The van der Waals surface area contributed by atoms with Gasteiger partial charge in [0, 0.05) is 13.1 Å². The molecule has 2 aromatic rings. The molecule has 2 amide bonds. The third kappa shape index (κ3) is 5.56. The minimum atomic E-state index is -0.711. The van der Waals surface area contributed by atoms with Crippen LogP contribution in [0.15, 0.2) is 41.0 Å². The molecule has 1 saturated heterocycles. The summed E-state index contributed by atoms with van der Waals surface area (Å²) in [6.45, 7) is 0.416. The van der Waals surface area contributed by atoms with Crippen LogP contribution in [-0.2, 0) is 20.7 Å². The SMILES string of the molecule is COc1ccc(CCNC(=O)COC(=O)C2CCCN2C(=O)c2ccco2)cc1OC. The molecule has 31 heavy (non-hydrogen) atoms. The van der Waals surface area contributed by atoms with Crippen molar-refractivity contribution < 1.29 is 33.0 Å². The highest BCUT2D eigenvalue weighted by Crippen LogP contribution is 2.27. The Labute approximate surface area is 180 Å². The second-order valence-corrected chi connectivity index (χ2v) is 7.03. The molecule has 9 nitrogen and oxygen atoms in total. The summed E-state index contributed by atoms with van der Waals surface area (Å²) in [7, 11) is 3.13. The number of furan rings is 1. The Hall–Kier alpha value is -3.49. The zero-order valence-corrected chi connectivity index (χ0v) is 17.6. The monoisotopic (exact) mass is 430 g/mol. The average molecular weight is 430 g/mol. The number of nitrogens with zero attached hydrogens (tertiary/aromatic N) is 1. The predicted octanol–water partition coefficient (Wildman–Crippen LogP) is 1.80. The van der Waals surface area contributed by atoms with E-state index in [9.17, 15) is 14.4 Å². The Morgan fingerprint density at radius 2 is 1.97 bits per heavy atom. The van der Waals surface area contributed by atoms with Crippen molar-refractivity contribution in [3.8, 4) is 11.5 Å². The third-order valence-corrected chi connectivity index (χ3v) is 5.05. The quantitative estimate of drug-likeness (QED) is 0.605. The molecule has 1 aromatic carbocycles. The van der Waals surface area contributed by atoms with Gasteiger partial charge in [-0.1, -0.05) is 6.07 Å². The lowest BCUT2D eigenvalue weighted by Gasteiger charge is -2.22. The first kappa shape index (κ1) is 22.2. The number of benzene rings is 1. The van der Waals surface area contributed by atoms with Gasteiger partial charge in [-0.2, -0.15) is 0 Å². The zero-order valence-electron chi connectivity index (χ0n) is 17.6. The number of hydrogen-bond donors (Lipinski definition) is 1. The van der Waals surface area contributed by atoms with E-state index in [0.717, 1.165) is 5.56 Å². The Bertz CT molecular complexity index is 911. The van der Waals surface area contributed by atoms with Gasteiger partial charge in [0.05, 0.1) is 20.5 Å². The summed E-state index contributed by atoms with van der Waals surface area (Å²) >= 11 is 0. The van der Waals surface area contributed by atoms with Crippen LogP contribution < -0.4 is 14.8 Å². The van der Waals surface area contributed by atoms with Crippen LogP contribution in [0.1, 0.15) is 29.0 Å². The Morgan fingerprint density at radius 1 is 1.16 bits per heavy atom. The molecule has 9 heteroatoms. The maximum Gasteiger partial charge on any atom is 0.329 e. The molecule has 166 valence electrons. The van der Waals surface area contributed by atoms with Crippen LogP contribution >= 0.6 is 0 Å². The van der Waals surface area contributed by atoms with Gasteiger partial charge in [0.1, 0.15) is 6.04 Å². The maximum absolute atomic E-state index is 12.5. The van der Waals surface area contributed by atoms with Gasteiger partial charge < -0.3 is 28.8 Å². The summed E-state index contributed by atoms with van der Waals surface area (Å²) in [6.07, 6.45) is 3.16. The molecule has 0 saturated carbocycles. The summed E-state index contributed by atoms with van der Waals surface area (Å²) in [5, 5.41) is 2.72. The fraction of sp³-hybridized carbons (Fsp3) is 0.409. The Morgan fingerprint density at radius 3 is 2.68 bits per heavy atom. The van der Waals surface area contributed by atoms with E-state index in [-0.39, 0.29) is 11.7 Å². The number of amides is 2. The topological polar surface area (TPSA) is 107 Å². The minimum absolute atomic E-state index is 0.174. The highest BCUT2D eigenvalue weighted by molar-refractivity contribution is 5.95. The van der Waals surface area contributed by atoms with E-state index < -0.39 is 24.5 Å². The predicted molar refractivity (Wildman–Crippen MR) is 110 cm³/mol. The van der Waals surface area contributed by atoms with Crippen LogP contribution in [0.2, 0.25) is 0 Å². The number of carbonyl (C=O) groups excluding carboxylic acids is 3. The van der Waals surface area contributed by atoms with E-state index in [1.54, 1.807) is 32.4 Å². The Balaban J connectivity index is 1.43. The minimum Gasteiger partial charge on any atom is -0.493 e. The third-order valence-electron chi connectivity index (χ3n) is 5.05. The molecule has 1 unspecified atom stereocenters. The van der Waals surface area contributed by atoms with Crippen LogP contribution in [0.25, 0.3) is 0 Å². The van der Waals surface area contributed by atoms with Crippen molar-refractivity contribution in [2.45, 2.75) is 25.3 Å². The number of esters is 1. The van der Waals surface area contributed by atoms with E-state index in [1.807, 2.05) is 12.1 Å². The molecule has 3 rings (SSSR count). The van der Waals surface area contributed by atoms with Gasteiger partial charge in [0.15, 0.2) is 23.9 Å². The lowest BCUT2D eigenvalue weighted by molar-refractivity contribution is -0.152. The lowest BCUT2D eigenvalue weighted by atomic mass is 10.1. The average Bonchev–Trinajstić information content (AvgIpc) is 3.49. The zero-order chi connectivity index (χ0) is 22.2. The van der Waals surface area contributed by atoms with Gasteiger partial charge in [-0.05, 0) is 49.1 Å². The van der Waals surface area contributed by atoms with Crippen molar-refractivity contribution in [1.29, 1.82) is 0 Å². The summed E-state index contributed by atoms with van der Waals surface area (Å²) in [6, 6.07) is 7.98. The highest BCUT2D eigenvalue weighted by Gasteiger charge is 2.36. The molecular formula is C22H26N2O7. The normalized spacial score (nSPS) is 15.4. The summed E-state index contributed by atoms with van der Waals surface area (Å²) in [5.74, 6) is 0.0683. The van der Waals surface area contributed by atoms with Crippen molar-refractivity contribution >= 4 is 17.8 Å². The second kappa shape index (κ2) is 10.5. The molecule has 1 aliphatic heterocycles. The Kier molecular flexibility index (Phi) is 7.53. The molecule has 2 heterocycles. The van der Waals surface area contributed by atoms with Crippen molar-refractivity contribution in [2.24, 2.45) is 0 Å². The smallest absolute Gasteiger partial charge is 0.329 e. The summed E-state index contributed by atoms with van der Waals surface area (Å²) in [4.78, 5) is 38.3. The van der Waals surface area contributed by atoms with E-state index >= 15 is 0 Å². The summed E-state index contributed by atoms with van der Waals surface area (Å²) in [5.41, 5.74) is 0.966. The number of carbonyl (C=O) groups is 3. The highest BCUT2D eigenvalue weighted by atomic mass is 16.5. The van der Waals surface area contributed by atoms with Gasteiger partial charge >= 0.3 is 5.97 Å². The first-order chi connectivity index (χ1) is 15.0. The van der Waals surface area contributed by atoms with Gasteiger partial charge in [0.2, 0.25) is 0 Å². The first-order valence-corrected chi connectivity index (χ1v) is 10.0. The number of hydrogen-bond acceptors (Lipinski definition) is 7. The molecule has 0 bridgehead atoms. The molecule has 1 fully saturated rings. The molecule has 0 aliphatic carbocycles. The number of rotatable bonds is 9. The van der Waals surface area contributed by atoms with Crippen molar-refractivity contribution in [3.63, 3.8) is 0 Å². The van der Waals surface area contributed by atoms with Crippen LogP contribution in [0, 0.1) is 0 Å². The molecule has 1 aromatic heterocycles. The summed E-state index contributed by atoms with van der Waals surface area (Å²) < 4.78 is 20.7. The molecule has 1 atom stereocenters. The molecule has 1 N–H and O–H groups in total. The van der Waals surface area contributed by atoms with Crippen molar-refractivity contribution in [1.82, 2.24) is 10.2 Å². The number of ether oxygens (including phenoxy) is 3. The van der Waals surface area contributed by atoms with Crippen LogP contribution in [0.4, 0.5) is 0 Å². The number of nitrogens with one attached hydrogen (secondary N) is 1. The number of likely N-dealkylation sites (tertiary alicyclic amines) is 1. The molecule has 1 aliphatic rings. The van der Waals surface area contributed by atoms with E-state index in [4.69, 9.17) is 18.6 Å². The molecular weight excluding hydrogens is 404 g/mol.